The molecule has 2 atom stereocenters. The van der Waals surface area contributed by atoms with Gasteiger partial charge in [-0.25, -0.2) is 0 Å². The van der Waals surface area contributed by atoms with Crippen molar-refractivity contribution in [3.05, 3.63) is 35.9 Å². The number of hydrogen-bond acceptors (Lipinski definition) is 4. The van der Waals surface area contributed by atoms with Crippen molar-refractivity contribution in [3.63, 3.8) is 0 Å². The summed E-state index contributed by atoms with van der Waals surface area (Å²) in [5, 5.41) is 5.33. The van der Waals surface area contributed by atoms with Gasteiger partial charge in [0.25, 0.3) is 0 Å². The lowest BCUT2D eigenvalue weighted by Gasteiger charge is -2.20. The van der Waals surface area contributed by atoms with E-state index in [2.05, 4.69) is 10.6 Å². The molecule has 1 heterocycles. The molecular weight excluding hydrogens is 294 g/mol. The Morgan fingerprint density at radius 2 is 1.95 bits per heavy atom. The van der Waals surface area contributed by atoms with Gasteiger partial charge in [0.1, 0.15) is 6.10 Å². The van der Waals surface area contributed by atoms with Crippen molar-refractivity contribution in [2.45, 2.75) is 18.6 Å². The van der Waals surface area contributed by atoms with E-state index in [1.165, 1.54) is 0 Å². The van der Waals surface area contributed by atoms with Crippen molar-refractivity contribution >= 4 is 24.2 Å². The summed E-state index contributed by atoms with van der Waals surface area (Å²) in [6.45, 7) is 0.431. The molecule has 1 aromatic carbocycles. The summed E-state index contributed by atoms with van der Waals surface area (Å²) in [5.74, 6) is -0.578. The first-order valence-corrected chi connectivity index (χ1v) is 6.63. The maximum atomic E-state index is 11.8. The molecule has 0 spiro atoms. The van der Waals surface area contributed by atoms with Crippen molar-refractivity contribution in [2.24, 2.45) is 5.73 Å². The highest BCUT2D eigenvalue weighted by molar-refractivity contribution is 5.85. The van der Waals surface area contributed by atoms with Crippen LogP contribution < -0.4 is 16.4 Å². The first-order chi connectivity index (χ1) is 9.70. The molecule has 6 nitrogen and oxygen atoms in total. The summed E-state index contributed by atoms with van der Waals surface area (Å²) in [6.07, 6.45) is 0.626. The zero-order valence-electron chi connectivity index (χ0n) is 11.6. The van der Waals surface area contributed by atoms with Crippen LogP contribution in [0.25, 0.3) is 0 Å². The molecule has 0 saturated carbocycles. The molecule has 2 rings (SSSR count). The lowest BCUT2D eigenvalue weighted by atomic mass is 10.0. The van der Waals surface area contributed by atoms with E-state index in [-0.39, 0.29) is 49.5 Å². The summed E-state index contributed by atoms with van der Waals surface area (Å²) in [5.41, 5.74) is 6.20. The van der Waals surface area contributed by atoms with Crippen LogP contribution in [0.3, 0.4) is 0 Å². The van der Waals surface area contributed by atoms with E-state index < -0.39 is 0 Å². The molecule has 0 bridgehead atoms. The fraction of sp³-hybridized carbons (Fsp3) is 0.429. The van der Waals surface area contributed by atoms with Crippen LogP contribution in [0.4, 0.5) is 0 Å². The van der Waals surface area contributed by atoms with E-state index in [1.54, 1.807) is 0 Å². The Morgan fingerprint density at radius 1 is 1.24 bits per heavy atom. The number of benzene rings is 1. The second-order valence-electron chi connectivity index (χ2n) is 4.65. The van der Waals surface area contributed by atoms with Gasteiger partial charge in [0, 0.05) is 6.61 Å². The van der Waals surface area contributed by atoms with Crippen LogP contribution in [0.2, 0.25) is 0 Å². The second-order valence-corrected chi connectivity index (χ2v) is 4.65. The molecule has 0 aliphatic carbocycles. The van der Waals surface area contributed by atoms with Crippen LogP contribution in [0.5, 0.6) is 0 Å². The Balaban J connectivity index is 0.00000220. The molecule has 4 N–H and O–H groups in total. The maximum Gasteiger partial charge on any atom is 0.239 e. The molecular formula is C14H20ClN3O3. The van der Waals surface area contributed by atoms with E-state index in [4.69, 9.17) is 10.5 Å². The molecule has 1 aliphatic heterocycles. The first-order valence-electron chi connectivity index (χ1n) is 6.63. The molecule has 7 heteroatoms. The SMILES string of the molecule is Cl.NCC(=O)NCC(=O)NC1CCOC1c1ccccc1. The maximum absolute atomic E-state index is 11.8. The van der Waals surface area contributed by atoms with E-state index in [9.17, 15) is 9.59 Å². The monoisotopic (exact) mass is 313 g/mol. The number of rotatable bonds is 5. The molecule has 2 unspecified atom stereocenters. The minimum absolute atomic E-state index is 0. The highest BCUT2D eigenvalue weighted by Gasteiger charge is 2.30. The average Bonchev–Trinajstić information content (AvgIpc) is 2.93. The Hall–Kier alpha value is -1.63. The second kappa shape index (κ2) is 8.61. The van der Waals surface area contributed by atoms with E-state index >= 15 is 0 Å². The molecule has 21 heavy (non-hydrogen) atoms. The molecule has 0 aromatic heterocycles. The molecule has 1 fully saturated rings. The van der Waals surface area contributed by atoms with Crippen LogP contribution >= 0.6 is 12.4 Å². The molecule has 0 radical (unpaired) electrons. The van der Waals surface area contributed by atoms with Crippen LogP contribution in [-0.2, 0) is 14.3 Å². The Morgan fingerprint density at radius 3 is 2.62 bits per heavy atom. The third kappa shape index (κ3) is 5.00. The fourth-order valence-corrected chi connectivity index (χ4v) is 2.22. The zero-order chi connectivity index (χ0) is 14.4. The Labute approximate surface area is 129 Å². The molecule has 1 aliphatic rings. The number of hydrogen-bond donors (Lipinski definition) is 3. The van der Waals surface area contributed by atoms with Crippen molar-refractivity contribution in [1.82, 2.24) is 10.6 Å². The Bertz CT molecular complexity index is 470. The van der Waals surface area contributed by atoms with Crippen molar-refractivity contribution in [1.29, 1.82) is 0 Å². The highest BCUT2D eigenvalue weighted by atomic mass is 35.5. The Kier molecular flexibility index (Phi) is 7.14. The largest absolute Gasteiger partial charge is 0.371 e. The number of carbonyl (C=O) groups excluding carboxylic acids is 2. The van der Waals surface area contributed by atoms with Gasteiger partial charge in [0.15, 0.2) is 0 Å². The van der Waals surface area contributed by atoms with Crippen molar-refractivity contribution in [3.8, 4) is 0 Å². The van der Waals surface area contributed by atoms with Crippen molar-refractivity contribution in [2.75, 3.05) is 19.7 Å². The summed E-state index contributed by atoms with van der Waals surface area (Å²) < 4.78 is 5.68. The van der Waals surface area contributed by atoms with Gasteiger partial charge < -0.3 is 21.1 Å². The van der Waals surface area contributed by atoms with E-state index in [0.717, 1.165) is 12.0 Å². The fourth-order valence-electron chi connectivity index (χ4n) is 2.22. The smallest absolute Gasteiger partial charge is 0.239 e. The standard InChI is InChI=1S/C14H19N3O3.ClH/c15-8-12(18)16-9-13(19)17-11-6-7-20-14(11)10-4-2-1-3-5-10;/h1-5,11,14H,6-9,15H2,(H,16,18)(H,17,19);1H. The summed E-state index contributed by atoms with van der Waals surface area (Å²) >= 11 is 0. The normalized spacial score (nSPS) is 20.4. The number of carbonyl (C=O) groups is 2. The van der Waals surface area contributed by atoms with Crippen LogP contribution in [0, 0.1) is 0 Å². The van der Waals surface area contributed by atoms with Crippen LogP contribution in [0.15, 0.2) is 30.3 Å². The third-order valence-corrected chi connectivity index (χ3v) is 3.20. The lowest BCUT2D eigenvalue weighted by molar-refractivity contribution is -0.126. The minimum atomic E-state index is -0.345. The third-order valence-electron chi connectivity index (χ3n) is 3.20. The van der Waals surface area contributed by atoms with Gasteiger partial charge in [-0.2, -0.15) is 0 Å². The van der Waals surface area contributed by atoms with E-state index in [0.29, 0.717) is 6.61 Å². The number of nitrogens with one attached hydrogen (secondary N) is 2. The summed E-state index contributed by atoms with van der Waals surface area (Å²) in [6, 6.07) is 9.71. The van der Waals surface area contributed by atoms with Gasteiger partial charge >= 0.3 is 0 Å². The molecule has 116 valence electrons. The summed E-state index contributed by atoms with van der Waals surface area (Å²) in [4.78, 5) is 22.8. The van der Waals surface area contributed by atoms with Gasteiger partial charge in [0.2, 0.25) is 11.8 Å². The average molecular weight is 314 g/mol. The van der Waals surface area contributed by atoms with E-state index in [1.807, 2.05) is 30.3 Å². The molecule has 1 aromatic rings. The quantitative estimate of drug-likeness (QED) is 0.720. The van der Waals surface area contributed by atoms with Gasteiger partial charge in [-0.3, -0.25) is 9.59 Å². The topological polar surface area (TPSA) is 93.5 Å². The number of ether oxygens (including phenoxy) is 1. The van der Waals surface area contributed by atoms with Gasteiger partial charge in [-0.15, -0.1) is 12.4 Å². The number of nitrogens with two attached hydrogens (primary N) is 1. The number of amides is 2. The van der Waals surface area contributed by atoms with Gasteiger partial charge in [-0.1, -0.05) is 30.3 Å². The van der Waals surface area contributed by atoms with Crippen LogP contribution in [0.1, 0.15) is 18.1 Å². The van der Waals surface area contributed by atoms with Crippen LogP contribution in [-0.4, -0.2) is 37.6 Å². The zero-order valence-corrected chi connectivity index (χ0v) is 12.4. The van der Waals surface area contributed by atoms with Crippen molar-refractivity contribution < 1.29 is 14.3 Å². The first kappa shape index (κ1) is 17.4. The molecule has 2 amide bonds. The summed E-state index contributed by atoms with van der Waals surface area (Å²) in [7, 11) is 0. The van der Waals surface area contributed by atoms with Gasteiger partial charge in [0.05, 0.1) is 19.1 Å². The van der Waals surface area contributed by atoms with Gasteiger partial charge in [-0.05, 0) is 12.0 Å². The minimum Gasteiger partial charge on any atom is -0.371 e. The molecule has 1 saturated heterocycles. The number of halogens is 1. The predicted molar refractivity (Wildman–Crippen MR) is 81.0 cm³/mol. The highest BCUT2D eigenvalue weighted by Crippen LogP contribution is 2.28. The predicted octanol–water partition coefficient (Wildman–Crippen LogP) is 0.130. The lowest BCUT2D eigenvalue weighted by Crippen LogP contribution is -2.44.